The van der Waals surface area contributed by atoms with E-state index in [9.17, 15) is 0 Å². The van der Waals surface area contributed by atoms with Crippen molar-refractivity contribution in [3.63, 3.8) is 0 Å². The first-order chi connectivity index (χ1) is 12.9. The Hall–Kier alpha value is -1.84. The molecule has 1 saturated heterocycles. The molecule has 2 aromatic carbocycles. The van der Waals surface area contributed by atoms with Crippen LogP contribution in [-0.4, -0.2) is 43.3 Å². The first-order valence-electron chi connectivity index (χ1n) is 10.1. The molecule has 2 atom stereocenters. The Kier molecular flexibility index (Phi) is 6.56. The van der Waals surface area contributed by atoms with E-state index in [1.807, 2.05) is 0 Å². The third-order valence-electron chi connectivity index (χ3n) is 5.45. The molecular weight excluding hydrogens is 334 g/mol. The maximum absolute atomic E-state index is 5.97. The molecule has 3 rings (SSSR count). The lowest BCUT2D eigenvalue weighted by Crippen LogP contribution is -2.45. The third kappa shape index (κ3) is 5.33. The zero-order valence-corrected chi connectivity index (χ0v) is 17.2. The van der Waals surface area contributed by atoms with E-state index in [1.54, 1.807) is 0 Å². The van der Waals surface area contributed by atoms with Crippen molar-refractivity contribution in [1.29, 1.82) is 0 Å². The number of ether oxygens (including phenoxy) is 2. The molecule has 1 aliphatic heterocycles. The average Bonchev–Trinajstić information content (AvgIpc) is 2.66. The van der Waals surface area contributed by atoms with Crippen LogP contribution in [0.4, 0.5) is 0 Å². The monoisotopic (exact) mass is 367 g/mol. The lowest BCUT2D eigenvalue weighted by atomic mass is 9.78. The molecule has 3 nitrogen and oxygen atoms in total. The van der Waals surface area contributed by atoms with Gasteiger partial charge in [0.1, 0.15) is 5.75 Å². The highest BCUT2D eigenvalue weighted by molar-refractivity contribution is 5.39. The van der Waals surface area contributed by atoms with Gasteiger partial charge in [0.25, 0.3) is 0 Å². The number of benzene rings is 2. The summed E-state index contributed by atoms with van der Waals surface area (Å²) in [7, 11) is 0. The summed E-state index contributed by atoms with van der Waals surface area (Å²) in [5.74, 6) is 0.950. The van der Waals surface area contributed by atoms with E-state index in [0.29, 0.717) is 12.2 Å². The van der Waals surface area contributed by atoms with E-state index in [-0.39, 0.29) is 5.41 Å². The molecule has 0 bridgehead atoms. The van der Waals surface area contributed by atoms with Gasteiger partial charge in [0.05, 0.1) is 18.8 Å². The fraction of sp³-hybridized carbons (Fsp3) is 0.500. The molecule has 0 radical (unpaired) electrons. The fourth-order valence-electron chi connectivity index (χ4n) is 3.93. The van der Waals surface area contributed by atoms with Crippen LogP contribution in [0.15, 0.2) is 54.6 Å². The summed E-state index contributed by atoms with van der Waals surface area (Å²) in [4.78, 5) is 2.48. The van der Waals surface area contributed by atoms with Crippen LogP contribution < -0.4 is 4.74 Å². The predicted molar refractivity (Wildman–Crippen MR) is 112 cm³/mol. The van der Waals surface area contributed by atoms with Crippen LogP contribution in [0.3, 0.4) is 0 Å². The number of rotatable bonds is 7. The van der Waals surface area contributed by atoms with Gasteiger partial charge in [-0.2, -0.15) is 0 Å². The molecule has 1 fully saturated rings. The highest BCUT2D eigenvalue weighted by Gasteiger charge is 2.23. The molecule has 1 heterocycles. The molecule has 0 spiro atoms. The Labute approximate surface area is 164 Å². The van der Waals surface area contributed by atoms with Crippen molar-refractivity contribution in [2.45, 2.75) is 51.7 Å². The summed E-state index contributed by atoms with van der Waals surface area (Å²) < 4.78 is 11.8. The Morgan fingerprint density at radius 3 is 2.15 bits per heavy atom. The van der Waals surface area contributed by atoms with Crippen LogP contribution in [0.1, 0.15) is 45.2 Å². The van der Waals surface area contributed by atoms with Crippen LogP contribution >= 0.6 is 0 Å². The number of hydrogen-bond acceptors (Lipinski definition) is 3. The second-order valence-electron chi connectivity index (χ2n) is 8.23. The molecule has 0 N–H and O–H groups in total. The second kappa shape index (κ2) is 8.90. The summed E-state index contributed by atoms with van der Waals surface area (Å²) in [6.45, 7) is 12.7. The van der Waals surface area contributed by atoms with E-state index in [4.69, 9.17) is 9.47 Å². The molecule has 0 aliphatic carbocycles. The quantitative estimate of drug-likeness (QED) is 0.650. The standard InChI is InChI=1S/C24H33NO2/c1-19-17-25(18-20(2)27-19)15-8-16-26-23-13-11-22(12-14-23)24(3,4)21-9-6-5-7-10-21/h5-7,9-14,19-20H,8,15-18H2,1-4H3. The Balaban J connectivity index is 1.48. The number of hydrogen-bond donors (Lipinski definition) is 0. The minimum Gasteiger partial charge on any atom is -0.494 e. The molecule has 2 unspecified atom stereocenters. The molecule has 0 amide bonds. The first-order valence-corrected chi connectivity index (χ1v) is 10.1. The van der Waals surface area contributed by atoms with Gasteiger partial charge < -0.3 is 9.47 Å². The normalized spacial score (nSPS) is 21.2. The van der Waals surface area contributed by atoms with Crippen molar-refractivity contribution >= 4 is 0 Å². The Bertz CT molecular complexity index is 686. The van der Waals surface area contributed by atoms with Crippen molar-refractivity contribution < 1.29 is 9.47 Å². The molecule has 0 aromatic heterocycles. The summed E-state index contributed by atoms with van der Waals surface area (Å²) in [6, 6.07) is 19.2. The van der Waals surface area contributed by atoms with Crippen molar-refractivity contribution in [2.75, 3.05) is 26.2 Å². The van der Waals surface area contributed by atoms with Crippen molar-refractivity contribution in [1.82, 2.24) is 4.90 Å². The second-order valence-corrected chi connectivity index (χ2v) is 8.23. The van der Waals surface area contributed by atoms with E-state index in [1.165, 1.54) is 11.1 Å². The van der Waals surface area contributed by atoms with E-state index in [2.05, 4.69) is 87.2 Å². The lowest BCUT2D eigenvalue weighted by molar-refractivity contribution is -0.0686. The molecule has 146 valence electrons. The maximum atomic E-state index is 5.97. The zero-order valence-electron chi connectivity index (χ0n) is 17.2. The van der Waals surface area contributed by atoms with Gasteiger partial charge in [-0.25, -0.2) is 0 Å². The topological polar surface area (TPSA) is 21.7 Å². The SMILES string of the molecule is CC1CN(CCCOc2ccc(C(C)(C)c3ccccc3)cc2)CC(C)O1. The van der Waals surface area contributed by atoms with Gasteiger partial charge in [-0.1, -0.05) is 56.3 Å². The molecule has 27 heavy (non-hydrogen) atoms. The summed E-state index contributed by atoms with van der Waals surface area (Å²) in [5, 5.41) is 0. The zero-order chi connectivity index (χ0) is 19.3. The highest BCUT2D eigenvalue weighted by atomic mass is 16.5. The van der Waals surface area contributed by atoms with E-state index in [0.717, 1.165) is 38.4 Å². The molecule has 1 aliphatic rings. The predicted octanol–water partition coefficient (Wildman–Crippen LogP) is 4.89. The van der Waals surface area contributed by atoms with Gasteiger partial charge in [0.15, 0.2) is 0 Å². The van der Waals surface area contributed by atoms with Crippen LogP contribution in [0.5, 0.6) is 5.75 Å². The minimum absolute atomic E-state index is 0.0104. The van der Waals surface area contributed by atoms with Gasteiger partial charge in [0.2, 0.25) is 0 Å². The first kappa shape index (κ1) is 19.9. The van der Waals surface area contributed by atoms with Crippen LogP contribution in [0.25, 0.3) is 0 Å². The van der Waals surface area contributed by atoms with E-state index < -0.39 is 0 Å². The molecule has 0 saturated carbocycles. The van der Waals surface area contributed by atoms with Crippen molar-refractivity contribution in [3.8, 4) is 5.75 Å². The van der Waals surface area contributed by atoms with Crippen LogP contribution in [0.2, 0.25) is 0 Å². The molecule has 3 heteroatoms. The molecular formula is C24H33NO2. The smallest absolute Gasteiger partial charge is 0.119 e. The van der Waals surface area contributed by atoms with E-state index >= 15 is 0 Å². The van der Waals surface area contributed by atoms with Crippen molar-refractivity contribution in [2.24, 2.45) is 0 Å². The maximum Gasteiger partial charge on any atom is 0.119 e. The third-order valence-corrected chi connectivity index (χ3v) is 5.45. The van der Waals surface area contributed by atoms with Crippen LogP contribution in [0, 0.1) is 0 Å². The van der Waals surface area contributed by atoms with Gasteiger partial charge in [-0.3, -0.25) is 4.90 Å². The minimum atomic E-state index is -0.0104. The summed E-state index contributed by atoms with van der Waals surface area (Å²) in [5.41, 5.74) is 2.62. The highest BCUT2D eigenvalue weighted by Crippen LogP contribution is 2.32. The number of nitrogens with zero attached hydrogens (tertiary/aromatic N) is 1. The average molecular weight is 368 g/mol. The summed E-state index contributed by atoms with van der Waals surface area (Å²) >= 11 is 0. The van der Waals surface area contributed by atoms with Gasteiger partial charge >= 0.3 is 0 Å². The summed E-state index contributed by atoms with van der Waals surface area (Å²) in [6.07, 6.45) is 1.70. The molecule has 2 aromatic rings. The number of morpholine rings is 1. The van der Waals surface area contributed by atoms with Gasteiger partial charge in [-0.05, 0) is 43.5 Å². The van der Waals surface area contributed by atoms with Crippen molar-refractivity contribution in [3.05, 3.63) is 65.7 Å². The Morgan fingerprint density at radius 2 is 1.52 bits per heavy atom. The van der Waals surface area contributed by atoms with Gasteiger partial charge in [0, 0.05) is 25.0 Å². The Morgan fingerprint density at radius 1 is 0.926 bits per heavy atom. The van der Waals surface area contributed by atoms with Gasteiger partial charge in [-0.15, -0.1) is 0 Å². The largest absolute Gasteiger partial charge is 0.494 e. The fourth-order valence-corrected chi connectivity index (χ4v) is 3.93. The van der Waals surface area contributed by atoms with Crippen LogP contribution in [-0.2, 0) is 10.2 Å². The lowest BCUT2D eigenvalue weighted by Gasteiger charge is -2.35.